The molecular formula is C9H10O4. The van der Waals surface area contributed by atoms with Gasteiger partial charge in [-0.05, 0) is 19.4 Å². The molecular weight excluding hydrogens is 172 g/mol. The van der Waals surface area contributed by atoms with Gasteiger partial charge in [-0.3, -0.25) is 0 Å². The predicted molar refractivity (Wildman–Crippen MR) is 44.6 cm³/mol. The van der Waals surface area contributed by atoms with Crippen LogP contribution in [0.3, 0.4) is 0 Å². The molecule has 0 radical (unpaired) electrons. The summed E-state index contributed by atoms with van der Waals surface area (Å²) in [5.74, 6) is -1.44. The molecule has 0 aromatic carbocycles. The third-order valence-electron chi connectivity index (χ3n) is 1.52. The third kappa shape index (κ3) is 1.61. The number of hydrogen-bond acceptors (Lipinski definition) is 4. The molecule has 4 nitrogen and oxygen atoms in total. The first-order valence-electron chi connectivity index (χ1n) is 3.87. The largest absolute Gasteiger partial charge is 0.486 e. The molecule has 0 N–H and O–H groups in total. The normalized spacial score (nSPS) is 16.2. The van der Waals surface area contributed by atoms with E-state index in [-0.39, 0.29) is 11.3 Å². The van der Waals surface area contributed by atoms with Gasteiger partial charge in [0.1, 0.15) is 5.57 Å². The van der Waals surface area contributed by atoms with Crippen LogP contribution in [0.5, 0.6) is 0 Å². The lowest BCUT2D eigenvalue weighted by Gasteiger charge is -2.01. The maximum absolute atomic E-state index is 11.1. The fourth-order valence-electron chi connectivity index (χ4n) is 1.02. The highest BCUT2D eigenvalue weighted by atomic mass is 16.6. The van der Waals surface area contributed by atoms with Gasteiger partial charge < -0.3 is 9.47 Å². The Morgan fingerprint density at radius 3 is 2.54 bits per heavy atom. The summed E-state index contributed by atoms with van der Waals surface area (Å²) >= 11 is 0. The molecule has 13 heavy (non-hydrogen) atoms. The molecule has 0 aliphatic carbocycles. The summed E-state index contributed by atoms with van der Waals surface area (Å²) in [6, 6.07) is 0. The van der Waals surface area contributed by atoms with Gasteiger partial charge in [0.25, 0.3) is 0 Å². The van der Waals surface area contributed by atoms with Crippen LogP contribution < -0.4 is 0 Å². The highest BCUT2D eigenvalue weighted by Crippen LogP contribution is 2.23. The predicted octanol–water partition coefficient (Wildman–Crippen LogP) is 0.936. The number of esters is 2. The van der Waals surface area contributed by atoms with Crippen LogP contribution in [0.2, 0.25) is 0 Å². The van der Waals surface area contributed by atoms with Crippen molar-refractivity contribution in [2.75, 3.05) is 6.61 Å². The molecule has 70 valence electrons. The van der Waals surface area contributed by atoms with E-state index in [1.807, 2.05) is 0 Å². The van der Waals surface area contributed by atoms with Gasteiger partial charge >= 0.3 is 11.9 Å². The fourth-order valence-corrected chi connectivity index (χ4v) is 1.02. The molecule has 0 amide bonds. The van der Waals surface area contributed by atoms with E-state index in [9.17, 15) is 9.59 Å². The summed E-state index contributed by atoms with van der Waals surface area (Å²) in [5, 5.41) is 0. The minimum absolute atomic E-state index is 0.0278. The van der Waals surface area contributed by atoms with Crippen LogP contribution in [0.15, 0.2) is 23.5 Å². The Morgan fingerprint density at radius 1 is 1.46 bits per heavy atom. The van der Waals surface area contributed by atoms with Crippen LogP contribution >= 0.6 is 0 Å². The molecule has 1 aliphatic heterocycles. The summed E-state index contributed by atoms with van der Waals surface area (Å²) < 4.78 is 9.35. The molecule has 0 aromatic heterocycles. The molecule has 1 heterocycles. The average Bonchev–Trinajstić information content (AvgIpc) is 2.27. The molecule has 0 aromatic rings. The monoisotopic (exact) mass is 182 g/mol. The quantitative estimate of drug-likeness (QED) is 0.481. The lowest BCUT2D eigenvalue weighted by molar-refractivity contribution is -0.152. The molecule has 1 aliphatic rings. The van der Waals surface area contributed by atoms with E-state index in [4.69, 9.17) is 4.74 Å². The van der Waals surface area contributed by atoms with E-state index < -0.39 is 11.9 Å². The van der Waals surface area contributed by atoms with Gasteiger partial charge in [0.15, 0.2) is 0 Å². The van der Waals surface area contributed by atoms with Gasteiger partial charge in [-0.25, -0.2) is 9.59 Å². The van der Waals surface area contributed by atoms with E-state index in [2.05, 4.69) is 11.3 Å². The number of hydrogen-bond donors (Lipinski definition) is 0. The third-order valence-corrected chi connectivity index (χ3v) is 1.52. The number of carbonyl (C=O) groups excluding carboxylic acids is 2. The zero-order chi connectivity index (χ0) is 10.0. The van der Waals surface area contributed by atoms with Gasteiger partial charge in [-0.15, -0.1) is 0 Å². The molecule has 4 heteroatoms. The highest BCUT2D eigenvalue weighted by molar-refractivity contribution is 6.13. The van der Waals surface area contributed by atoms with Crippen LogP contribution in [0.4, 0.5) is 0 Å². The van der Waals surface area contributed by atoms with Crippen LogP contribution in [0, 0.1) is 0 Å². The minimum Gasteiger partial charge on any atom is -0.486 e. The number of carbonyl (C=O) groups is 2. The first kappa shape index (κ1) is 9.51. The van der Waals surface area contributed by atoms with Crippen molar-refractivity contribution in [1.82, 2.24) is 0 Å². The lowest BCUT2D eigenvalue weighted by atomic mass is 10.1. The summed E-state index contributed by atoms with van der Waals surface area (Å²) in [4.78, 5) is 22.1. The zero-order valence-electron chi connectivity index (χ0n) is 7.55. The van der Waals surface area contributed by atoms with E-state index in [0.717, 1.165) is 0 Å². The van der Waals surface area contributed by atoms with Crippen molar-refractivity contribution in [3.05, 3.63) is 23.5 Å². The smallest absolute Gasteiger partial charge is 0.382 e. The minimum atomic E-state index is -0.732. The van der Waals surface area contributed by atoms with Crippen LogP contribution in [-0.4, -0.2) is 18.5 Å². The zero-order valence-corrected chi connectivity index (χ0v) is 7.55. The second kappa shape index (κ2) is 3.43. The van der Waals surface area contributed by atoms with Crippen molar-refractivity contribution in [2.45, 2.75) is 13.8 Å². The van der Waals surface area contributed by atoms with Crippen LogP contribution in [-0.2, 0) is 19.1 Å². The standard InChI is InChI=1S/C9H10O4/c1-4-12-7-6(5(2)3)8(10)13-9(7)11/h2,4H2,1,3H3. The van der Waals surface area contributed by atoms with Crippen molar-refractivity contribution >= 4 is 11.9 Å². The van der Waals surface area contributed by atoms with Crippen molar-refractivity contribution < 1.29 is 19.1 Å². The van der Waals surface area contributed by atoms with Crippen molar-refractivity contribution in [3.63, 3.8) is 0 Å². The van der Waals surface area contributed by atoms with Crippen molar-refractivity contribution in [1.29, 1.82) is 0 Å². The highest BCUT2D eigenvalue weighted by Gasteiger charge is 2.34. The van der Waals surface area contributed by atoms with E-state index >= 15 is 0 Å². The van der Waals surface area contributed by atoms with Gasteiger partial charge in [0.05, 0.1) is 6.61 Å². The SMILES string of the molecule is C=C(C)C1=C(OCC)C(=O)OC1=O. The maximum Gasteiger partial charge on any atom is 0.382 e. The second-order valence-electron chi connectivity index (χ2n) is 2.59. The maximum atomic E-state index is 11.1. The van der Waals surface area contributed by atoms with Crippen molar-refractivity contribution in [2.24, 2.45) is 0 Å². The van der Waals surface area contributed by atoms with Gasteiger partial charge in [-0.1, -0.05) is 6.58 Å². The molecule has 0 bridgehead atoms. The average molecular weight is 182 g/mol. The fraction of sp³-hybridized carbons (Fsp3) is 0.333. The lowest BCUT2D eigenvalue weighted by Crippen LogP contribution is -2.04. The van der Waals surface area contributed by atoms with Gasteiger partial charge in [0, 0.05) is 0 Å². The Bertz CT molecular complexity index is 312. The van der Waals surface area contributed by atoms with E-state index in [0.29, 0.717) is 12.2 Å². The summed E-state index contributed by atoms with van der Waals surface area (Å²) in [7, 11) is 0. The molecule has 0 atom stereocenters. The van der Waals surface area contributed by atoms with Crippen molar-refractivity contribution in [3.8, 4) is 0 Å². The summed E-state index contributed by atoms with van der Waals surface area (Å²) in [5.41, 5.74) is 0.617. The number of ether oxygens (including phenoxy) is 2. The Hall–Kier alpha value is -1.58. The first-order chi connectivity index (χ1) is 6.07. The summed E-state index contributed by atoms with van der Waals surface area (Å²) in [6.07, 6.45) is 0. The topological polar surface area (TPSA) is 52.6 Å². The Balaban J connectivity index is 3.10. The molecule has 0 fully saturated rings. The summed E-state index contributed by atoms with van der Waals surface area (Å²) in [6.45, 7) is 7.22. The van der Waals surface area contributed by atoms with Gasteiger partial charge in [0.2, 0.25) is 5.76 Å². The molecule has 1 rings (SSSR count). The number of cyclic esters (lactones) is 2. The Morgan fingerprint density at radius 2 is 2.08 bits per heavy atom. The second-order valence-corrected chi connectivity index (χ2v) is 2.59. The Labute approximate surface area is 75.8 Å². The Kier molecular flexibility index (Phi) is 2.51. The van der Waals surface area contributed by atoms with E-state index in [1.54, 1.807) is 13.8 Å². The molecule has 0 saturated heterocycles. The van der Waals surface area contributed by atoms with Crippen LogP contribution in [0.1, 0.15) is 13.8 Å². The van der Waals surface area contributed by atoms with E-state index in [1.165, 1.54) is 0 Å². The molecule has 0 spiro atoms. The van der Waals surface area contributed by atoms with Gasteiger partial charge in [-0.2, -0.15) is 0 Å². The first-order valence-corrected chi connectivity index (χ1v) is 3.87. The number of rotatable bonds is 3. The van der Waals surface area contributed by atoms with Crippen LogP contribution in [0.25, 0.3) is 0 Å². The molecule has 0 unspecified atom stereocenters. The molecule has 0 saturated carbocycles.